The molecular formula is C22H33N5. The number of nitrogens with zero attached hydrogens (tertiary/aromatic N) is 4. The molecule has 2 heterocycles. The summed E-state index contributed by atoms with van der Waals surface area (Å²) in [5, 5.41) is 8.06. The van der Waals surface area contributed by atoms with Crippen LogP contribution in [0.5, 0.6) is 0 Å². The number of aromatic nitrogens is 2. The fourth-order valence-corrected chi connectivity index (χ4v) is 3.96. The lowest BCUT2D eigenvalue weighted by Gasteiger charge is -2.34. The third-order valence-corrected chi connectivity index (χ3v) is 5.43. The fourth-order valence-electron chi connectivity index (χ4n) is 3.96. The largest absolute Gasteiger partial charge is 0.356 e. The van der Waals surface area contributed by atoms with Crippen LogP contribution >= 0.6 is 0 Å². The summed E-state index contributed by atoms with van der Waals surface area (Å²) in [5.41, 5.74) is 3.79. The Balaban J connectivity index is 1.39. The molecule has 1 aliphatic rings. The molecule has 5 nitrogen and oxygen atoms in total. The van der Waals surface area contributed by atoms with E-state index >= 15 is 0 Å². The number of rotatable bonds is 6. The lowest BCUT2D eigenvalue weighted by molar-refractivity contribution is 0.259. The standard InChI is InChI=1S/C22H33N5/c1-18-16-19(2)27(25-18)13-7-12-24-22(23-3)26-14-10-21(11-15-26)17-20-8-5-4-6-9-20/h4-6,8-9,16,21H,7,10-15,17H2,1-3H3,(H,23,24). The third kappa shape index (κ3) is 5.59. The lowest BCUT2D eigenvalue weighted by atomic mass is 9.90. The van der Waals surface area contributed by atoms with Gasteiger partial charge >= 0.3 is 0 Å². The van der Waals surface area contributed by atoms with E-state index in [2.05, 4.69) is 68.3 Å². The molecule has 5 heteroatoms. The molecule has 0 bridgehead atoms. The molecule has 0 saturated carbocycles. The molecular weight excluding hydrogens is 334 g/mol. The predicted molar refractivity (Wildman–Crippen MR) is 112 cm³/mol. The first-order valence-corrected chi connectivity index (χ1v) is 10.2. The molecule has 0 atom stereocenters. The Morgan fingerprint density at radius 3 is 2.56 bits per heavy atom. The number of aryl methyl sites for hydroxylation is 3. The van der Waals surface area contributed by atoms with Gasteiger partial charge in [0, 0.05) is 38.9 Å². The van der Waals surface area contributed by atoms with E-state index in [1.807, 2.05) is 14.0 Å². The van der Waals surface area contributed by atoms with Crippen molar-refractivity contribution in [1.82, 2.24) is 20.0 Å². The molecule has 3 rings (SSSR count). The van der Waals surface area contributed by atoms with Gasteiger partial charge in [-0.1, -0.05) is 30.3 Å². The first kappa shape index (κ1) is 19.5. The Morgan fingerprint density at radius 1 is 1.19 bits per heavy atom. The maximum atomic E-state index is 4.53. The third-order valence-electron chi connectivity index (χ3n) is 5.43. The van der Waals surface area contributed by atoms with Crippen molar-refractivity contribution in [3.05, 3.63) is 53.3 Å². The fraction of sp³-hybridized carbons (Fsp3) is 0.545. The molecule has 0 spiro atoms. The van der Waals surface area contributed by atoms with Gasteiger partial charge in [0.25, 0.3) is 0 Å². The smallest absolute Gasteiger partial charge is 0.193 e. The SMILES string of the molecule is CN=C(NCCCn1nc(C)cc1C)N1CCC(Cc2ccccc2)CC1. The quantitative estimate of drug-likeness (QED) is 0.483. The lowest BCUT2D eigenvalue weighted by Crippen LogP contribution is -2.46. The summed E-state index contributed by atoms with van der Waals surface area (Å²) < 4.78 is 2.09. The van der Waals surface area contributed by atoms with Gasteiger partial charge in [0.15, 0.2) is 5.96 Å². The maximum Gasteiger partial charge on any atom is 0.193 e. The second-order valence-corrected chi connectivity index (χ2v) is 7.60. The van der Waals surface area contributed by atoms with Crippen molar-refractivity contribution in [2.75, 3.05) is 26.7 Å². The molecule has 1 aromatic heterocycles. The van der Waals surface area contributed by atoms with Crippen molar-refractivity contribution < 1.29 is 0 Å². The highest BCUT2D eigenvalue weighted by atomic mass is 15.3. The van der Waals surface area contributed by atoms with Crippen molar-refractivity contribution in [2.24, 2.45) is 10.9 Å². The maximum absolute atomic E-state index is 4.53. The van der Waals surface area contributed by atoms with Crippen LogP contribution in [-0.4, -0.2) is 47.3 Å². The van der Waals surface area contributed by atoms with E-state index in [1.165, 1.54) is 30.5 Å². The van der Waals surface area contributed by atoms with Crippen LogP contribution in [0.4, 0.5) is 0 Å². The normalized spacial score (nSPS) is 16.0. The van der Waals surface area contributed by atoms with Crippen LogP contribution in [0.3, 0.4) is 0 Å². The monoisotopic (exact) mass is 367 g/mol. The van der Waals surface area contributed by atoms with Crippen LogP contribution in [0, 0.1) is 19.8 Å². The number of hydrogen-bond acceptors (Lipinski definition) is 2. The Bertz CT molecular complexity index is 726. The molecule has 0 unspecified atom stereocenters. The molecule has 1 saturated heterocycles. The molecule has 2 aromatic rings. The highest BCUT2D eigenvalue weighted by Gasteiger charge is 2.21. The van der Waals surface area contributed by atoms with E-state index in [4.69, 9.17) is 0 Å². The molecule has 1 aliphatic heterocycles. The average molecular weight is 368 g/mol. The van der Waals surface area contributed by atoms with E-state index < -0.39 is 0 Å². The zero-order chi connectivity index (χ0) is 19.1. The minimum Gasteiger partial charge on any atom is -0.356 e. The summed E-state index contributed by atoms with van der Waals surface area (Å²) in [4.78, 5) is 6.90. The summed E-state index contributed by atoms with van der Waals surface area (Å²) in [6.07, 6.45) is 4.72. The summed E-state index contributed by atoms with van der Waals surface area (Å²) in [6, 6.07) is 13.0. The van der Waals surface area contributed by atoms with Gasteiger partial charge in [-0.2, -0.15) is 5.10 Å². The van der Waals surface area contributed by atoms with E-state index in [-0.39, 0.29) is 0 Å². The number of guanidine groups is 1. The molecule has 0 amide bonds. The Kier molecular flexibility index (Phi) is 6.91. The number of likely N-dealkylation sites (tertiary alicyclic amines) is 1. The Morgan fingerprint density at radius 2 is 1.93 bits per heavy atom. The van der Waals surface area contributed by atoms with Crippen molar-refractivity contribution in [3.8, 4) is 0 Å². The molecule has 1 fully saturated rings. The Hall–Kier alpha value is -2.30. The summed E-state index contributed by atoms with van der Waals surface area (Å²) >= 11 is 0. The zero-order valence-electron chi connectivity index (χ0n) is 17.0. The average Bonchev–Trinajstić information content (AvgIpc) is 3.01. The van der Waals surface area contributed by atoms with Crippen molar-refractivity contribution in [3.63, 3.8) is 0 Å². The summed E-state index contributed by atoms with van der Waals surface area (Å²) in [7, 11) is 1.89. The number of nitrogens with one attached hydrogen (secondary N) is 1. The van der Waals surface area contributed by atoms with Gasteiger partial charge in [0.05, 0.1) is 5.69 Å². The number of piperidine rings is 1. The van der Waals surface area contributed by atoms with Gasteiger partial charge < -0.3 is 10.2 Å². The highest BCUT2D eigenvalue weighted by molar-refractivity contribution is 5.79. The van der Waals surface area contributed by atoms with Crippen LogP contribution in [0.15, 0.2) is 41.4 Å². The molecule has 0 radical (unpaired) electrons. The minimum atomic E-state index is 0.785. The van der Waals surface area contributed by atoms with Crippen LogP contribution < -0.4 is 5.32 Å². The number of benzene rings is 1. The van der Waals surface area contributed by atoms with Gasteiger partial charge in [-0.25, -0.2) is 0 Å². The van der Waals surface area contributed by atoms with Gasteiger partial charge in [0.1, 0.15) is 0 Å². The van der Waals surface area contributed by atoms with Crippen molar-refractivity contribution in [1.29, 1.82) is 0 Å². The summed E-state index contributed by atoms with van der Waals surface area (Å²) in [6.45, 7) is 8.22. The second kappa shape index (κ2) is 9.58. The van der Waals surface area contributed by atoms with E-state index in [1.54, 1.807) is 0 Å². The van der Waals surface area contributed by atoms with Crippen molar-refractivity contribution >= 4 is 5.96 Å². The van der Waals surface area contributed by atoms with E-state index in [9.17, 15) is 0 Å². The molecule has 146 valence electrons. The number of aliphatic imine (C=N–C) groups is 1. The number of hydrogen-bond donors (Lipinski definition) is 1. The highest BCUT2D eigenvalue weighted by Crippen LogP contribution is 2.21. The zero-order valence-corrected chi connectivity index (χ0v) is 17.0. The van der Waals surface area contributed by atoms with Gasteiger partial charge in [-0.15, -0.1) is 0 Å². The first-order valence-electron chi connectivity index (χ1n) is 10.2. The molecule has 27 heavy (non-hydrogen) atoms. The van der Waals surface area contributed by atoms with Crippen LogP contribution in [0.1, 0.15) is 36.2 Å². The topological polar surface area (TPSA) is 45.5 Å². The first-order chi connectivity index (χ1) is 13.2. The van der Waals surface area contributed by atoms with Crippen LogP contribution in [0.25, 0.3) is 0 Å². The Labute approximate surface area is 163 Å². The van der Waals surface area contributed by atoms with E-state index in [0.29, 0.717) is 0 Å². The van der Waals surface area contributed by atoms with Crippen LogP contribution in [0.2, 0.25) is 0 Å². The molecule has 1 aromatic carbocycles. The molecule has 1 N–H and O–H groups in total. The summed E-state index contributed by atoms with van der Waals surface area (Å²) in [5.74, 6) is 1.83. The second-order valence-electron chi connectivity index (χ2n) is 7.60. The molecule has 0 aliphatic carbocycles. The predicted octanol–water partition coefficient (Wildman–Crippen LogP) is 3.42. The minimum absolute atomic E-state index is 0.785. The van der Waals surface area contributed by atoms with Crippen molar-refractivity contribution in [2.45, 2.75) is 46.1 Å². The van der Waals surface area contributed by atoms with E-state index in [0.717, 1.165) is 50.2 Å². The van der Waals surface area contributed by atoms with Gasteiger partial charge in [-0.3, -0.25) is 9.67 Å². The van der Waals surface area contributed by atoms with Gasteiger partial charge in [0.2, 0.25) is 0 Å². The van der Waals surface area contributed by atoms with Crippen LogP contribution in [-0.2, 0) is 13.0 Å². The van der Waals surface area contributed by atoms with Gasteiger partial charge in [-0.05, 0) is 57.1 Å².